The molecule has 0 aliphatic carbocycles. The zero-order chi connectivity index (χ0) is 13.2. The molecule has 1 aliphatic rings. The highest BCUT2D eigenvalue weighted by atomic mass is 35.5. The molecule has 0 bridgehead atoms. The fourth-order valence-corrected chi connectivity index (χ4v) is 2.72. The summed E-state index contributed by atoms with van der Waals surface area (Å²) >= 11 is 5.99. The first kappa shape index (κ1) is 13.7. The van der Waals surface area contributed by atoms with Crippen LogP contribution in [-0.4, -0.2) is 18.1 Å². The van der Waals surface area contributed by atoms with Gasteiger partial charge in [-0.3, -0.25) is 0 Å². The largest absolute Gasteiger partial charge is 0.356 e. The number of hydrogen-bond donors (Lipinski definition) is 0. The number of rotatable bonds is 4. The number of halogens is 1. The zero-order valence-electron chi connectivity index (χ0n) is 11.7. The number of pyridine rings is 1. The van der Waals surface area contributed by atoms with Crippen molar-refractivity contribution in [1.82, 2.24) is 4.98 Å². The fraction of sp³-hybridized carbons (Fsp3) is 0.667. The molecule has 0 saturated carbocycles. The van der Waals surface area contributed by atoms with E-state index in [1.165, 1.54) is 17.7 Å². The second kappa shape index (κ2) is 5.48. The molecule has 100 valence electrons. The van der Waals surface area contributed by atoms with Gasteiger partial charge in [0, 0.05) is 24.7 Å². The Morgan fingerprint density at radius 3 is 2.72 bits per heavy atom. The van der Waals surface area contributed by atoms with Crippen LogP contribution in [0.25, 0.3) is 0 Å². The maximum atomic E-state index is 5.99. The molecule has 3 heteroatoms. The van der Waals surface area contributed by atoms with Crippen LogP contribution in [0, 0.1) is 5.41 Å². The lowest BCUT2D eigenvalue weighted by molar-refractivity contribution is 0.418. The first-order valence-corrected chi connectivity index (χ1v) is 7.38. The highest BCUT2D eigenvalue weighted by Crippen LogP contribution is 2.32. The van der Waals surface area contributed by atoms with E-state index in [1.807, 2.05) is 0 Å². The molecule has 1 saturated heterocycles. The Labute approximate surface area is 115 Å². The van der Waals surface area contributed by atoms with Crippen LogP contribution in [0.1, 0.15) is 44.9 Å². The minimum Gasteiger partial charge on any atom is -0.356 e. The van der Waals surface area contributed by atoms with Gasteiger partial charge in [-0.1, -0.05) is 27.2 Å². The SMILES string of the molecule is CCCc1cc(CCl)cc(N2CCC(C)(C)C2)n1. The normalized spacial score (nSPS) is 18.3. The second-order valence-electron chi connectivity index (χ2n) is 6.04. The maximum absolute atomic E-state index is 5.99. The molecule has 0 unspecified atom stereocenters. The van der Waals surface area contributed by atoms with E-state index < -0.39 is 0 Å². The third-order valence-electron chi connectivity index (χ3n) is 3.59. The lowest BCUT2D eigenvalue weighted by Crippen LogP contribution is -2.24. The van der Waals surface area contributed by atoms with Crippen molar-refractivity contribution in [2.24, 2.45) is 5.41 Å². The molecule has 0 radical (unpaired) electrons. The van der Waals surface area contributed by atoms with Crippen molar-refractivity contribution in [3.63, 3.8) is 0 Å². The minimum absolute atomic E-state index is 0.406. The van der Waals surface area contributed by atoms with Crippen molar-refractivity contribution in [3.8, 4) is 0 Å². The van der Waals surface area contributed by atoms with Crippen molar-refractivity contribution in [3.05, 3.63) is 23.4 Å². The van der Waals surface area contributed by atoms with Crippen LogP contribution < -0.4 is 4.90 Å². The van der Waals surface area contributed by atoms with E-state index in [1.54, 1.807) is 0 Å². The standard InChI is InChI=1S/C15H23ClN2/c1-4-5-13-8-12(10-16)9-14(17-13)18-7-6-15(2,3)11-18/h8-9H,4-7,10-11H2,1-3H3. The summed E-state index contributed by atoms with van der Waals surface area (Å²) in [6, 6.07) is 4.29. The molecule has 1 aromatic heterocycles. The lowest BCUT2D eigenvalue weighted by Gasteiger charge is -2.21. The van der Waals surface area contributed by atoms with Gasteiger partial charge >= 0.3 is 0 Å². The van der Waals surface area contributed by atoms with Crippen LogP contribution in [0.3, 0.4) is 0 Å². The highest BCUT2D eigenvalue weighted by Gasteiger charge is 2.30. The quantitative estimate of drug-likeness (QED) is 0.766. The van der Waals surface area contributed by atoms with E-state index in [4.69, 9.17) is 16.6 Å². The molecule has 0 spiro atoms. The Balaban J connectivity index is 2.24. The van der Waals surface area contributed by atoms with E-state index >= 15 is 0 Å². The summed E-state index contributed by atoms with van der Waals surface area (Å²) in [7, 11) is 0. The molecule has 2 heterocycles. The molecular formula is C15H23ClN2. The number of alkyl halides is 1. The Morgan fingerprint density at radius 2 is 2.17 bits per heavy atom. The Kier molecular flexibility index (Phi) is 4.16. The molecule has 2 rings (SSSR count). The van der Waals surface area contributed by atoms with Gasteiger partial charge in [-0.15, -0.1) is 11.6 Å². The number of aromatic nitrogens is 1. The summed E-state index contributed by atoms with van der Waals surface area (Å²) in [6.07, 6.45) is 3.40. The van der Waals surface area contributed by atoms with Crippen molar-refractivity contribution < 1.29 is 0 Å². The van der Waals surface area contributed by atoms with Gasteiger partial charge in [0.1, 0.15) is 5.82 Å². The second-order valence-corrected chi connectivity index (χ2v) is 6.31. The van der Waals surface area contributed by atoms with Gasteiger partial charge in [-0.25, -0.2) is 4.98 Å². The number of hydrogen-bond acceptors (Lipinski definition) is 2. The predicted octanol–water partition coefficient (Wildman–Crippen LogP) is 4.01. The lowest BCUT2D eigenvalue weighted by atomic mass is 9.93. The number of aryl methyl sites for hydroxylation is 1. The maximum Gasteiger partial charge on any atom is 0.129 e. The highest BCUT2D eigenvalue weighted by molar-refractivity contribution is 6.17. The third kappa shape index (κ3) is 3.17. The Bertz CT molecular complexity index is 415. The first-order chi connectivity index (χ1) is 8.54. The van der Waals surface area contributed by atoms with Crippen molar-refractivity contribution >= 4 is 17.4 Å². The van der Waals surface area contributed by atoms with Crippen LogP contribution in [-0.2, 0) is 12.3 Å². The molecule has 1 fully saturated rings. The van der Waals surface area contributed by atoms with Gasteiger partial charge in [0.05, 0.1) is 0 Å². The molecule has 1 aliphatic heterocycles. The van der Waals surface area contributed by atoms with Crippen LogP contribution in [0.4, 0.5) is 5.82 Å². The third-order valence-corrected chi connectivity index (χ3v) is 3.90. The van der Waals surface area contributed by atoms with E-state index in [0.29, 0.717) is 11.3 Å². The van der Waals surface area contributed by atoms with Crippen molar-refractivity contribution in [2.45, 2.75) is 45.9 Å². The van der Waals surface area contributed by atoms with Gasteiger partial charge in [0.25, 0.3) is 0 Å². The average molecular weight is 267 g/mol. The minimum atomic E-state index is 0.406. The summed E-state index contributed by atoms with van der Waals surface area (Å²) in [6.45, 7) is 9.04. The van der Waals surface area contributed by atoms with Gasteiger partial charge in [0.2, 0.25) is 0 Å². The molecule has 0 aromatic carbocycles. The van der Waals surface area contributed by atoms with E-state index in [9.17, 15) is 0 Å². The van der Waals surface area contributed by atoms with E-state index in [2.05, 4.69) is 37.8 Å². The van der Waals surface area contributed by atoms with E-state index in [-0.39, 0.29) is 0 Å². The molecule has 0 amide bonds. The van der Waals surface area contributed by atoms with Crippen LogP contribution in [0.5, 0.6) is 0 Å². The summed E-state index contributed by atoms with van der Waals surface area (Å²) in [5, 5.41) is 0. The summed E-state index contributed by atoms with van der Waals surface area (Å²) in [4.78, 5) is 7.18. The van der Waals surface area contributed by atoms with Crippen molar-refractivity contribution in [1.29, 1.82) is 0 Å². The Morgan fingerprint density at radius 1 is 1.39 bits per heavy atom. The smallest absolute Gasteiger partial charge is 0.129 e. The van der Waals surface area contributed by atoms with Crippen molar-refractivity contribution in [2.75, 3.05) is 18.0 Å². The number of nitrogens with zero attached hydrogens (tertiary/aromatic N) is 2. The topological polar surface area (TPSA) is 16.1 Å². The number of anilines is 1. The molecule has 18 heavy (non-hydrogen) atoms. The summed E-state index contributed by atoms with van der Waals surface area (Å²) in [5.41, 5.74) is 2.77. The molecule has 2 nitrogen and oxygen atoms in total. The van der Waals surface area contributed by atoms with E-state index in [0.717, 1.165) is 31.7 Å². The molecule has 0 N–H and O–H groups in total. The fourth-order valence-electron chi connectivity index (χ4n) is 2.56. The van der Waals surface area contributed by atoms with Gasteiger partial charge in [-0.2, -0.15) is 0 Å². The van der Waals surface area contributed by atoms with Crippen LogP contribution in [0.2, 0.25) is 0 Å². The zero-order valence-corrected chi connectivity index (χ0v) is 12.4. The van der Waals surface area contributed by atoms with Gasteiger partial charge < -0.3 is 4.90 Å². The molecule has 1 aromatic rings. The van der Waals surface area contributed by atoms with Crippen LogP contribution in [0.15, 0.2) is 12.1 Å². The summed E-state index contributed by atoms with van der Waals surface area (Å²) < 4.78 is 0. The first-order valence-electron chi connectivity index (χ1n) is 6.85. The predicted molar refractivity (Wildman–Crippen MR) is 78.4 cm³/mol. The van der Waals surface area contributed by atoms with Crippen LogP contribution >= 0.6 is 11.6 Å². The summed E-state index contributed by atoms with van der Waals surface area (Å²) in [5.74, 6) is 1.69. The Hall–Kier alpha value is -0.760. The molecular weight excluding hydrogens is 244 g/mol. The molecule has 0 atom stereocenters. The average Bonchev–Trinajstić information content (AvgIpc) is 2.70. The van der Waals surface area contributed by atoms with Gasteiger partial charge in [0.15, 0.2) is 0 Å². The monoisotopic (exact) mass is 266 g/mol. The van der Waals surface area contributed by atoms with Gasteiger partial charge in [-0.05, 0) is 36.0 Å².